The standard InChI is InChI=1S/C19H23N3O4.ClH/c1-24-17-7-6-14(11-18(17)25-2)8-10-21-15(12-20)16(23)13-26-19-5-3-4-9-22-19;/h3-7,9,11,15-16,21,23H,8,10,13H2,1-2H3;1H. The van der Waals surface area contributed by atoms with Crippen LogP contribution in [0, 0.1) is 11.3 Å². The van der Waals surface area contributed by atoms with E-state index in [0.29, 0.717) is 30.3 Å². The van der Waals surface area contributed by atoms with Crippen LogP contribution in [0.15, 0.2) is 42.6 Å². The van der Waals surface area contributed by atoms with E-state index in [1.165, 1.54) is 0 Å². The van der Waals surface area contributed by atoms with Crippen LogP contribution in [-0.4, -0.2) is 49.6 Å². The Bertz CT molecular complexity index is 725. The SMILES string of the molecule is COc1ccc(CCNC(C#N)C(O)COc2ccccn2)cc1OC.Cl. The number of nitriles is 1. The summed E-state index contributed by atoms with van der Waals surface area (Å²) in [4.78, 5) is 4.01. The van der Waals surface area contributed by atoms with Crippen molar-refractivity contribution < 1.29 is 19.3 Å². The van der Waals surface area contributed by atoms with Crippen LogP contribution in [0.1, 0.15) is 5.56 Å². The Morgan fingerprint density at radius 1 is 1.19 bits per heavy atom. The number of ether oxygens (including phenoxy) is 3. The molecule has 27 heavy (non-hydrogen) atoms. The second-order valence-corrected chi connectivity index (χ2v) is 5.55. The summed E-state index contributed by atoms with van der Waals surface area (Å²) >= 11 is 0. The number of nitrogens with one attached hydrogen (secondary N) is 1. The molecule has 0 bridgehead atoms. The van der Waals surface area contributed by atoms with Gasteiger partial charge in [-0.15, -0.1) is 12.4 Å². The summed E-state index contributed by atoms with van der Waals surface area (Å²) in [7, 11) is 3.18. The lowest BCUT2D eigenvalue weighted by atomic mass is 10.1. The molecule has 0 aliphatic carbocycles. The van der Waals surface area contributed by atoms with Gasteiger partial charge in [-0.1, -0.05) is 12.1 Å². The summed E-state index contributed by atoms with van der Waals surface area (Å²) in [6.07, 6.45) is 1.31. The minimum absolute atomic E-state index is 0. The first kappa shape index (κ1) is 22.5. The second kappa shape index (κ2) is 12.0. The average molecular weight is 394 g/mol. The first-order valence-electron chi connectivity index (χ1n) is 8.23. The third kappa shape index (κ3) is 6.94. The lowest BCUT2D eigenvalue weighted by Crippen LogP contribution is -2.42. The second-order valence-electron chi connectivity index (χ2n) is 5.55. The van der Waals surface area contributed by atoms with Gasteiger partial charge in [0, 0.05) is 18.8 Å². The van der Waals surface area contributed by atoms with Crippen LogP contribution in [0.25, 0.3) is 0 Å². The molecule has 0 aliphatic rings. The van der Waals surface area contributed by atoms with Gasteiger partial charge in [0.1, 0.15) is 18.8 Å². The normalized spacial score (nSPS) is 12.2. The maximum absolute atomic E-state index is 10.1. The minimum Gasteiger partial charge on any atom is -0.493 e. The number of aliphatic hydroxyl groups excluding tert-OH is 1. The first-order chi connectivity index (χ1) is 12.7. The Kier molecular flexibility index (Phi) is 9.98. The molecule has 7 nitrogen and oxygen atoms in total. The molecular weight excluding hydrogens is 370 g/mol. The fourth-order valence-corrected chi connectivity index (χ4v) is 2.38. The van der Waals surface area contributed by atoms with Gasteiger partial charge in [0.25, 0.3) is 0 Å². The summed E-state index contributed by atoms with van der Waals surface area (Å²) in [6, 6.07) is 12.2. The fraction of sp³-hybridized carbons (Fsp3) is 0.368. The smallest absolute Gasteiger partial charge is 0.213 e. The first-order valence-corrected chi connectivity index (χ1v) is 8.23. The highest BCUT2D eigenvalue weighted by molar-refractivity contribution is 5.85. The van der Waals surface area contributed by atoms with Crippen LogP contribution in [0.3, 0.4) is 0 Å². The summed E-state index contributed by atoms with van der Waals surface area (Å²) in [5.41, 5.74) is 1.03. The van der Waals surface area contributed by atoms with E-state index in [4.69, 9.17) is 14.2 Å². The molecule has 8 heteroatoms. The largest absolute Gasteiger partial charge is 0.493 e. The van der Waals surface area contributed by atoms with Gasteiger partial charge < -0.3 is 19.3 Å². The number of halogens is 1. The van der Waals surface area contributed by atoms with Crippen molar-refractivity contribution in [3.05, 3.63) is 48.2 Å². The number of rotatable bonds is 10. The van der Waals surface area contributed by atoms with Crippen molar-refractivity contribution >= 4 is 12.4 Å². The molecule has 2 atom stereocenters. The summed E-state index contributed by atoms with van der Waals surface area (Å²) in [5.74, 6) is 1.74. The van der Waals surface area contributed by atoms with Crippen LogP contribution in [-0.2, 0) is 6.42 Å². The third-order valence-electron chi connectivity index (χ3n) is 3.79. The molecule has 2 rings (SSSR count). The van der Waals surface area contributed by atoms with E-state index in [9.17, 15) is 10.4 Å². The number of nitrogens with zero attached hydrogens (tertiary/aromatic N) is 2. The topological polar surface area (TPSA) is 96.6 Å². The van der Waals surface area contributed by atoms with Crippen molar-refractivity contribution in [1.29, 1.82) is 5.26 Å². The van der Waals surface area contributed by atoms with Crippen molar-refractivity contribution in [1.82, 2.24) is 10.3 Å². The molecule has 0 aliphatic heterocycles. The molecule has 2 aromatic rings. The van der Waals surface area contributed by atoms with Crippen LogP contribution in [0.5, 0.6) is 17.4 Å². The number of hydrogen-bond donors (Lipinski definition) is 2. The Balaban J connectivity index is 0.00000364. The highest BCUT2D eigenvalue weighted by Crippen LogP contribution is 2.27. The molecule has 2 unspecified atom stereocenters. The molecular formula is C19H24ClN3O4. The quantitative estimate of drug-likeness (QED) is 0.637. The Labute approximate surface area is 165 Å². The van der Waals surface area contributed by atoms with Crippen molar-refractivity contribution in [3.63, 3.8) is 0 Å². The summed E-state index contributed by atoms with van der Waals surface area (Å²) < 4.78 is 15.9. The zero-order valence-electron chi connectivity index (χ0n) is 15.3. The lowest BCUT2D eigenvalue weighted by Gasteiger charge is -2.18. The number of methoxy groups -OCH3 is 2. The van der Waals surface area contributed by atoms with E-state index in [2.05, 4.69) is 16.4 Å². The van der Waals surface area contributed by atoms with E-state index in [1.807, 2.05) is 18.2 Å². The predicted octanol–water partition coefficient (Wildman–Crippen LogP) is 1.98. The highest BCUT2D eigenvalue weighted by Gasteiger charge is 2.19. The Morgan fingerprint density at radius 2 is 1.96 bits per heavy atom. The third-order valence-corrected chi connectivity index (χ3v) is 3.79. The Morgan fingerprint density at radius 3 is 2.59 bits per heavy atom. The number of aliphatic hydroxyl groups is 1. The number of benzene rings is 1. The van der Waals surface area contributed by atoms with Crippen LogP contribution in [0.4, 0.5) is 0 Å². The monoisotopic (exact) mass is 393 g/mol. The fourth-order valence-electron chi connectivity index (χ4n) is 2.38. The van der Waals surface area contributed by atoms with E-state index in [1.54, 1.807) is 38.6 Å². The molecule has 0 saturated carbocycles. The number of hydrogen-bond acceptors (Lipinski definition) is 7. The number of pyridine rings is 1. The molecule has 1 aromatic heterocycles. The van der Waals surface area contributed by atoms with Gasteiger partial charge in [-0.2, -0.15) is 5.26 Å². The molecule has 0 radical (unpaired) electrons. The molecule has 1 aromatic carbocycles. The average Bonchev–Trinajstić information content (AvgIpc) is 2.70. The predicted molar refractivity (Wildman–Crippen MR) is 104 cm³/mol. The highest BCUT2D eigenvalue weighted by atomic mass is 35.5. The maximum Gasteiger partial charge on any atom is 0.213 e. The zero-order chi connectivity index (χ0) is 18.8. The minimum atomic E-state index is -0.965. The summed E-state index contributed by atoms with van der Waals surface area (Å²) in [5, 5.41) is 22.4. The van der Waals surface area contributed by atoms with Gasteiger partial charge in [0.2, 0.25) is 5.88 Å². The van der Waals surface area contributed by atoms with Crippen LogP contribution < -0.4 is 19.5 Å². The van der Waals surface area contributed by atoms with E-state index >= 15 is 0 Å². The Hall–Kier alpha value is -2.53. The van der Waals surface area contributed by atoms with Gasteiger partial charge in [-0.25, -0.2) is 4.98 Å². The van der Waals surface area contributed by atoms with Gasteiger partial charge in [-0.3, -0.25) is 5.32 Å². The zero-order valence-corrected chi connectivity index (χ0v) is 16.1. The van der Waals surface area contributed by atoms with Crippen LogP contribution in [0.2, 0.25) is 0 Å². The van der Waals surface area contributed by atoms with Crippen LogP contribution >= 0.6 is 12.4 Å². The molecule has 2 N–H and O–H groups in total. The molecule has 146 valence electrons. The van der Waals surface area contributed by atoms with Gasteiger partial charge in [0.05, 0.1) is 20.3 Å². The van der Waals surface area contributed by atoms with E-state index < -0.39 is 12.1 Å². The van der Waals surface area contributed by atoms with Gasteiger partial charge in [-0.05, 0) is 30.2 Å². The summed E-state index contributed by atoms with van der Waals surface area (Å²) in [6.45, 7) is 0.507. The van der Waals surface area contributed by atoms with E-state index in [-0.39, 0.29) is 19.0 Å². The van der Waals surface area contributed by atoms with Crippen molar-refractivity contribution in [3.8, 4) is 23.4 Å². The van der Waals surface area contributed by atoms with Crippen molar-refractivity contribution in [2.45, 2.75) is 18.6 Å². The molecule has 0 spiro atoms. The van der Waals surface area contributed by atoms with Crippen molar-refractivity contribution in [2.24, 2.45) is 0 Å². The van der Waals surface area contributed by atoms with Crippen molar-refractivity contribution in [2.75, 3.05) is 27.4 Å². The lowest BCUT2D eigenvalue weighted by molar-refractivity contribution is 0.0866. The van der Waals surface area contributed by atoms with Gasteiger partial charge >= 0.3 is 0 Å². The molecule has 0 saturated heterocycles. The molecule has 0 fully saturated rings. The molecule has 1 heterocycles. The van der Waals surface area contributed by atoms with Gasteiger partial charge in [0.15, 0.2) is 11.5 Å². The molecule has 0 amide bonds. The maximum atomic E-state index is 10.1. The van der Waals surface area contributed by atoms with E-state index in [0.717, 1.165) is 5.56 Å². The number of aromatic nitrogens is 1.